The van der Waals surface area contributed by atoms with Crippen molar-refractivity contribution in [3.05, 3.63) is 0 Å². The van der Waals surface area contributed by atoms with Crippen LogP contribution in [0.15, 0.2) is 0 Å². The number of ether oxygens (including phenoxy) is 3. The summed E-state index contributed by atoms with van der Waals surface area (Å²) in [5, 5.41) is 2.37. The Hall–Kier alpha value is -1.79. The number of hydrogen-bond acceptors (Lipinski definition) is 6. The fourth-order valence-corrected chi connectivity index (χ4v) is 1.23. The van der Waals surface area contributed by atoms with Crippen molar-refractivity contribution in [2.45, 2.75) is 72.8 Å². The van der Waals surface area contributed by atoms with E-state index in [4.69, 9.17) is 14.2 Å². The van der Waals surface area contributed by atoms with Gasteiger partial charge in [0.15, 0.2) is 0 Å². The van der Waals surface area contributed by atoms with E-state index in [2.05, 4.69) is 5.32 Å². The van der Waals surface area contributed by atoms with Gasteiger partial charge in [-0.3, -0.25) is 4.79 Å². The molecule has 0 aromatic rings. The largest absolute Gasteiger partial charge is 0.444 e. The van der Waals surface area contributed by atoms with Gasteiger partial charge in [-0.15, -0.1) is 0 Å². The van der Waals surface area contributed by atoms with Crippen LogP contribution in [0.4, 0.5) is 4.79 Å². The zero-order chi connectivity index (χ0) is 17.5. The number of nitrogens with one attached hydrogen (secondary N) is 1. The van der Waals surface area contributed by atoms with Gasteiger partial charge in [-0.1, -0.05) is 20.8 Å². The number of hydrogen-bond donors (Lipinski definition) is 1. The molecule has 1 unspecified atom stereocenters. The molecule has 7 heteroatoms. The minimum Gasteiger partial charge on any atom is -0.444 e. The van der Waals surface area contributed by atoms with Gasteiger partial charge in [0.1, 0.15) is 11.6 Å². The Balaban J connectivity index is 4.44. The van der Waals surface area contributed by atoms with Crippen LogP contribution in [0, 0.1) is 5.92 Å². The van der Waals surface area contributed by atoms with E-state index in [1.54, 1.807) is 41.5 Å². The number of carbonyl (C=O) groups excluding carboxylic acids is 3. The van der Waals surface area contributed by atoms with E-state index < -0.39 is 36.0 Å². The summed E-state index contributed by atoms with van der Waals surface area (Å²) >= 11 is 0. The molecule has 0 fully saturated rings. The van der Waals surface area contributed by atoms with E-state index in [0.717, 1.165) is 0 Å². The molecule has 2 atom stereocenters. The fourth-order valence-electron chi connectivity index (χ4n) is 1.23. The third kappa shape index (κ3) is 8.49. The van der Waals surface area contributed by atoms with E-state index >= 15 is 0 Å². The van der Waals surface area contributed by atoms with Gasteiger partial charge in [-0.2, -0.15) is 0 Å². The van der Waals surface area contributed by atoms with Crippen LogP contribution in [-0.4, -0.2) is 36.0 Å². The van der Waals surface area contributed by atoms with Crippen molar-refractivity contribution in [3.8, 4) is 0 Å². The molecule has 0 aliphatic heterocycles. The van der Waals surface area contributed by atoms with E-state index in [9.17, 15) is 14.4 Å². The van der Waals surface area contributed by atoms with Gasteiger partial charge in [0.2, 0.25) is 6.29 Å². The average molecular weight is 317 g/mol. The Labute approximate surface area is 131 Å². The Kier molecular flexibility index (Phi) is 7.90. The van der Waals surface area contributed by atoms with Crippen LogP contribution in [0.25, 0.3) is 0 Å². The minimum absolute atomic E-state index is 0.315. The Morgan fingerprint density at radius 1 is 1.00 bits per heavy atom. The van der Waals surface area contributed by atoms with Crippen LogP contribution >= 0.6 is 0 Å². The van der Waals surface area contributed by atoms with E-state index in [-0.39, 0.29) is 5.92 Å². The van der Waals surface area contributed by atoms with Gasteiger partial charge in [0.05, 0.1) is 5.92 Å². The number of rotatable bonds is 6. The summed E-state index contributed by atoms with van der Waals surface area (Å²) in [7, 11) is 0. The zero-order valence-electron chi connectivity index (χ0n) is 14.4. The SMILES string of the molecule is CCC(OC(=O)C(C)C)OC(=O)[C@H](C)NC(=O)OC(C)(C)C. The van der Waals surface area contributed by atoms with Crippen LogP contribution in [-0.2, 0) is 23.8 Å². The number of amides is 1. The van der Waals surface area contributed by atoms with Gasteiger partial charge in [-0.25, -0.2) is 9.59 Å². The summed E-state index contributed by atoms with van der Waals surface area (Å²) < 4.78 is 15.1. The molecule has 0 heterocycles. The molecular weight excluding hydrogens is 290 g/mol. The van der Waals surface area contributed by atoms with Crippen LogP contribution < -0.4 is 5.32 Å². The molecule has 0 spiro atoms. The molecule has 0 aromatic heterocycles. The molecule has 0 aliphatic carbocycles. The van der Waals surface area contributed by atoms with Crippen LogP contribution in [0.2, 0.25) is 0 Å². The summed E-state index contributed by atoms with van der Waals surface area (Å²) in [5.74, 6) is -1.47. The Bertz CT molecular complexity index is 399. The summed E-state index contributed by atoms with van der Waals surface area (Å²) in [6.45, 7) is 11.7. The molecule has 0 bridgehead atoms. The van der Waals surface area contributed by atoms with Crippen LogP contribution in [0.1, 0.15) is 54.9 Å². The van der Waals surface area contributed by atoms with Gasteiger partial charge in [0.25, 0.3) is 0 Å². The normalized spacial score (nSPS) is 14.0. The van der Waals surface area contributed by atoms with E-state index in [1.807, 2.05) is 0 Å². The Morgan fingerprint density at radius 2 is 1.50 bits per heavy atom. The fraction of sp³-hybridized carbons (Fsp3) is 0.800. The minimum atomic E-state index is -0.967. The highest BCUT2D eigenvalue weighted by atomic mass is 16.7. The molecule has 0 radical (unpaired) electrons. The molecule has 7 nitrogen and oxygen atoms in total. The molecule has 1 N–H and O–H groups in total. The maximum absolute atomic E-state index is 11.9. The quantitative estimate of drug-likeness (QED) is 0.597. The lowest BCUT2D eigenvalue weighted by molar-refractivity contribution is -0.191. The molecule has 0 rings (SSSR count). The second-order valence-corrected chi connectivity index (χ2v) is 6.23. The second kappa shape index (κ2) is 8.60. The monoisotopic (exact) mass is 317 g/mol. The number of esters is 2. The van der Waals surface area contributed by atoms with Crippen molar-refractivity contribution in [1.82, 2.24) is 5.32 Å². The average Bonchev–Trinajstić information content (AvgIpc) is 2.34. The molecule has 0 saturated heterocycles. The highest BCUT2D eigenvalue weighted by Gasteiger charge is 2.25. The molecule has 0 aliphatic rings. The van der Waals surface area contributed by atoms with Crippen molar-refractivity contribution in [2.75, 3.05) is 0 Å². The Morgan fingerprint density at radius 3 is 1.91 bits per heavy atom. The van der Waals surface area contributed by atoms with Crippen LogP contribution in [0.5, 0.6) is 0 Å². The highest BCUT2D eigenvalue weighted by molar-refractivity contribution is 5.81. The molecule has 128 valence electrons. The lowest BCUT2D eigenvalue weighted by Crippen LogP contribution is -2.43. The topological polar surface area (TPSA) is 90.9 Å². The molecule has 1 amide bonds. The van der Waals surface area contributed by atoms with Gasteiger partial charge in [0, 0.05) is 6.42 Å². The van der Waals surface area contributed by atoms with E-state index in [0.29, 0.717) is 6.42 Å². The predicted molar refractivity (Wildman–Crippen MR) is 79.9 cm³/mol. The molecule has 22 heavy (non-hydrogen) atoms. The predicted octanol–water partition coefficient (Wildman–Crippen LogP) is 2.38. The van der Waals surface area contributed by atoms with Gasteiger partial charge >= 0.3 is 18.0 Å². The van der Waals surface area contributed by atoms with Crippen LogP contribution in [0.3, 0.4) is 0 Å². The summed E-state index contributed by atoms with van der Waals surface area (Å²) in [6, 6.07) is -0.915. The van der Waals surface area contributed by atoms with Crippen molar-refractivity contribution in [1.29, 1.82) is 0 Å². The number of alkyl carbamates (subject to hydrolysis) is 1. The molecule has 0 aromatic carbocycles. The maximum Gasteiger partial charge on any atom is 0.408 e. The first-order valence-electron chi connectivity index (χ1n) is 7.36. The zero-order valence-corrected chi connectivity index (χ0v) is 14.4. The lowest BCUT2D eigenvalue weighted by Gasteiger charge is -2.23. The summed E-state index contributed by atoms with van der Waals surface area (Å²) in [6.07, 6.45) is -1.36. The number of carbonyl (C=O) groups is 3. The summed E-state index contributed by atoms with van der Waals surface area (Å²) in [5.41, 5.74) is -0.660. The van der Waals surface area contributed by atoms with Crippen molar-refractivity contribution >= 4 is 18.0 Å². The van der Waals surface area contributed by atoms with Gasteiger partial charge < -0.3 is 19.5 Å². The van der Waals surface area contributed by atoms with Crippen molar-refractivity contribution in [3.63, 3.8) is 0 Å². The highest BCUT2D eigenvalue weighted by Crippen LogP contribution is 2.09. The van der Waals surface area contributed by atoms with Crippen molar-refractivity contribution in [2.24, 2.45) is 5.92 Å². The first-order valence-corrected chi connectivity index (χ1v) is 7.36. The van der Waals surface area contributed by atoms with Crippen molar-refractivity contribution < 1.29 is 28.6 Å². The van der Waals surface area contributed by atoms with E-state index in [1.165, 1.54) is 6.92 Å². The smallest absolute Gasteiger partial charge is 0.408 e. The first-order chi connectivity index (χ1) is 9.96. The molecular formula is C15H27NO6. The lowest BCUT2D eigenvalue weighted by atomic mass is 10.2. The standard InChI is InChI=1S/C15H27NO6/c1-8-11(20-12(17)9(2)3)21-13(18)10(4)16-14(19)22-15(5,6)7/h9-11H,8H2,1-7H3,(H,16,19)/t10-,11?/m0/s1. The second-order valence-electron chi connectivity index (χ2n) is 6.23. The third-order valence-electron chi connectivity index (χ3n) is 2.39. The molecule has 0 saturated carbocycles. The third-order valence-corrected chi connectivity index (χ3v) is 2.39. The maximum atomic E-state index is 11.9. The van der Waals surface area contributed by atoms with Gasteiger partial charge in [-0.05, 0) is 27.7 Å². The first kappa shape index (κ1) is 20.2. The summed E-state index contributed by atoms with van der Waals surface area (Å²) in [4.78, 5) is 34.9.